The predicted octanol–water partition coefficient (Wildman–Crippen LogP) is 1.89. The molecule has 7 heteroatoms. The third kappa shape index (κ3) is 3.90. The number of rotatable bonds is 6. The second-order valence-corrected chi connectivity index (χ2v) is 6.71. The zero-order valence-corrected chi connectivity index (χ0v) is 12.8. The van der Waals surface area contributed by atoms with Crippen molar-refractivity contribution < 1.29 is 18.3 Å². The van der Waals surface area contributed by atoms with Crippen LogP contribution >= 0.6 is 0 Å². The van der Waals surface area contributed by atoms with E-state index in [-0.39, 0.29) is 17.9 Å². The Hall–Kier alpha value is -2.25. The van der Waals surface area contributed by atoms with E-state index >= 15 is 0 Å². The Morgan fingerprint density at radius 1 is 1.23 bits per heavy atom. The number of nitrogens with one attached hydrogen (secondary N) is 1. The van der Waals surface area contributed by atoms with Crippen LogP contribution < -0.4 is 4.72 Å². The molecule has 0 spiro atoms. The fourth-order valence-corrected chi connectivity index (χ4v) is 2.47. The van der Waals surface area contributed by atoms with E-state index in [0.717, 1.165) is 0 Å². The number of aromatic carboxylic acids is 1. The minimum Gasteiger partial charge on any atom is -0.478 e. The Labute approximate surface area is 128 Å². The zero-order valence-electron chi connectivity index (χ0n) is 12.0. The van der Waals surface area contributed by atoms with Gasteiger partial charge in [-0.2, -0.15) is 0 Å². The molecule has 0 radical (unpaired) electrons. The van der Waals surface area contributed by atoms with Gasteiger partial charge in [0.05, 0.1) is 23.6 Å². The average molecular weight is 320 g/mol. The van der Waals surface area contributed by atoms with Crippen molar-refractivity contribution in [3.8, 4) is 11.1 Å². The Morgan fingerprint density at radius 2 is 1.95 bits per heavy atom. The van der Waals surface area contributed by atoms with Crippen LogP contribution in [0.4, 0.5) is 0 Å². The lowest BCUT2D eigenvalue weighted by Crippen LogP contribution is -2.25. The number of hydrogen-bond acceptors (Lipinski definition) is 4. The summed E-state index contributed by atoms with van der Waals surface area (Å²) in [4.78, 5) is 15.4. The van der Waals surface area contributed by atoms with Gasteiger partial charge < -0.3 is 5.11 Å². The van der Waals surface area contributed by atoms with Crippen molar-refractivity contribution in [3.05, 3.63) is 53.9 Å². The highest BCUT2D eigenvalue weighted by atomic mass is 32.2. The molecule has 0 bridgehead atoms. The Balaban J connectivity index is 2.21. The number of nitrogens with zero attached hydrogens (tertiary/aromatic N) is 1. The third-order valence-electron chi connectivity index (χ3n) is 3.15. The molecule has 0 aliphatic heterocycles. The van der Waals surface area contributed by atoms with Crippen LogP contribution in [0.1, 0.15) is 23.0 Å². The maximum Gasteiger partial charge on any atom is 0.336 e. The molecule has 0 saturated carbocycles. The molecule has 0 atom stereocenters. The van der Waals surface area contributed by atoms with E-state index in [0.29, 0.717) is 16.8 Å². The largest absolute Gasteiger partial charge is 0.478 e. The van der Waals surface area contributed by atoms with Crippen LogP contribution in [0.15, 0.2) is 42.6 Å². The standard InChI is InChI=1S/C15H16N2O4S/c1-2-22(20,21)17-10-12-8-7-11(9-16-12)13-5-3-4-6-14(13)15(18)19/h3-9,17H,2,10H2,1H3,(H,18,19). The Morgan fingerprint density at radius 3 is 2.55 bits per heavy atom. The molecule has 1 aromatic heterocycles. The topological polar surface area (TPSA) is 96.4 Å². The van der Waals surface area contributed by atoms with Gasteiger partial charge in [0.25, 0.3) is 0 Å². The van der Waals surface area contributed by atoms with Crippen molar-refractivity contribution in [2.24, 2.45) is 0 Å². The molecule has 0 aliphatic carbocycles. The molecule has 0 aliphatic rings. The molecule has 6 nitrogen and oxygen atoms in total. The highest BCUT2D eigenvalue weighted by molar-refractivity contribution is 7.89. The number of sulfonamides is 1. The maximum atomic E-state index is 11.4. The van der Waals surface area contributed by atoms with Crippen molar-refractivity contribution in [1.82, 2.24) is 9.71 Å². The molecule has 0 fully saturated rings. The fourth-order valence-electron chi connectivity index (χ4n) is 1.90. The number of carboxylic acids is 1. The van der Waals surface area contributed by atoms with Gasteiger partial charge in [0.15, 0.2) is 0 Å². The molecule has 2 aromatic rings. The summed E-state index contributed by atoms with van der Waals surface area (Å²) >= 11 is 0. The van der Waals surface area contributed by atoms with Gasteiger partial charge in [-0.1, -0.05) is 24.3 Å². The molecular formula is C15H16N2O4S. The molecule has 116 valence electrons. The first-order valence-corrected chi connectivity index (χ1v) is 8.33. The van der Waals surface area contributed by atoms with E-state index in [1.54, 1.807) is 37.3 Å². The molecule has 1 aromatic carbocycles. The normalized spacial score (nSPS) is 11.3. The predicted molar refractivity (Wildman–Crippen MR) is 82.9 cm³/mol. The van der Waals surface area contributed by atoms with Crippen molar-refractivity contribution in [2.45, 2.75) is 13.5 Å². The Bertz CT molecular complexity index is 770. The first kappa shape index (κ1) is 16.1. The first-order chi connectivity index (χ1) is 10.4. The van der Waals surface area contributed by atoms with Crippen molar-refractivity contribution in [3.63, 3.8) is 0 Å². The van der Waals surface area contributed by atoms with Gasteiger partial charge in [0.2, 0.25) is 10.0 Å². The average Bonchev–Trinajstić information content (AvgIpc) is 2.53. The van der Waals surface area contributed by atoms with Gasteiger partial charge in [-0.3, -0.25) is 4.98 Å². The van der Waals surface area contributed by atoms with Gasteiger partial charge >= 0.3 is 5.97 Å². The zero-order chi connectivity index (χ0) is 16.2. The van der Waals surface area contributed by atoms with Gasteiger partial charge in [-0.05, 0) is 24.6 Å². The number of hydrogen-bond donors (Lipinski definition) is 2. The number of carboxylic acid groups (broad SMARTS) is 1. The lowest BCUT2D eigenvalue weighted by atomic mass is 10.0. The van der Waals surface area contributed by atoms with E-state index in [4.69, 9.17) is 0 Å². The summed E-state index contributed by atoms with van der Waals surface area (Å²) in [5.74, 6) is -0.993. The summed E-state index contributed by atoms with van der Waals surface area (Å²) in [7, 11) is -3.27. The maximum absolute atomic E-state index is 11.4. The summed E-state index contributed by atoms with van der Waals surface area (Å²) in [5, 5.41) is 9.19. The van der Waals surface area contributed by atoms with Crippen LogP contribution in [0.25, 0.3) is 11.1 Å². The Kier molecular flexibility index (Phi) is 4.89. The summed E-state index contributed by atoms with van der Waals surface area (Å²) in [5.41, 5.74) is 2.00. The quantitative estimate of drug-likeness (QED) is 0.847. The fraction of sp³-hybridized carbons (Fsp3) is 0.200. The second-order valence-electron chi connectivity index (χ2n) is 4.61. The van der Waals surface area contributed by atoms with Crippen LogP contribution in [0.2, 0.25) is 0 Å². The van der Waals surface area contributed by atoms with Crippen LogP contribution in [0.3, 0.4) is 0 Å². The molecule has 1 heterocycles. The van der Waals surface area contributed by atoms with E-state index in [1.165, 1.54) is 12.3 Å². The number of pyridine rings is 1. The molecule has 0 amide bonds. The van der Waals surface area contributed by atoms with Crippen molar-refractivity contribution in [2.75, 3.05) is 5.75 Å². The molecule has 2 N–H and O–H groups in total. The first-order valence-electron chi connectivity index (χ1n) is 6.68. The van der Waals surface area contributed by atoms with Crippen LogP contribution in [-0.2, 0) is 16.6 Å². The number of carbonyl (C=O) groups is 1. The van der Waals surface area contributed by atoms with Crippen LogP contribution in [-0.4, -0.2) is 30.2 Å². The highest BCUT2D eigenvalue weighted by Crippen LogP contribution is 2.23. The van der Waals surface area contributed by atoms with Crippen molar-refractivity contribution >= 4 is 16.0 Å². The van der Waals surface area contributed by atoms with Gasteiger partial charge in [0.1, 0.15) is 0 Å². The molecule has 2 rings (SSSR count). The number of aromatic nitrogens is 1. The van der Waals surface area contributed by atoms with Crippen LogP contribution in [0, 0.1) is 0 Å². The minimum absolute atomic E-state index is 0.0110. The number of benzene rings is 1. The lowest BCUT2D eigenvalue weighted by molar-refractivity contribution is 0.0697. The van der Waals surface area contributed by atoms with E-state index in [2.05, 4.69) is 9.71 Å². The van der Waals surface area contributed by atoms with E-state index < -0.39 is 16.0 Å². The second kappa shape index (κ2) is 6.67. The summed E-state index contributed by atoms with van der Waals surface area (Å²) in [6, 6.07) is 10.1. The molecule has 22 heavy (non-hydrogen) atoms. The van der Waals surface area contributed by atoms with Crippen molar-refractivity contribution in [1.29, 1.82) is 0 Å². The minimum atomic E-state index is -3.27. The lowest BCUT2D eigenvalue weighted by Gasteiger charge is -2.07. The monoisotopic (exact) mass is 320 g/mol. The SMILES string of the molecule is CCS(=O)(=O)NCc1ccc(-c2ccccc2C(=O)O)cn1. The van der Waals surface area contributed by atoms with Gasteiger partial charge in [0, 0.05) is 11.8 Å². The van der Waals surface area contributed by atoms with Gasteiger partial charge in [-0.15, -0.1) is 0 Å². The molecule has 0 unspecified atom stereocenters. The van der Waals surface area contributed by atoms with Crippen LogP contribution in [0.5, 0.6) is 0 Å². The summed E-state index contributed by atoms with van der Waals surface area (Å²) < 4.78 is 25.2. The van der Waals surface area contributed by atoms with E-state index in [9.17, 15) is 18.3 Å². The third-order valence-corrected chi connectivity index (χ3v) is 4.49. The molecular weight excluding hydrogens is 304 g/mol. The highest BCUT2D eigenvalue weighted by Gasteiger charge is 2.11. The summed E-state index contributed by atoms with van der Waals surface area (Å²) in [6.45, 7) is 1.67. The van der Waals surface area contributed by atoms with Gasteiger partial charge in [-0.25, -0.2) is 17.9 Å². The summed E-state index contributed by atoms with van der Waals surface area (Å²) in [6.07, 6.45) is 1.54. The smallest absolute Gasteiger partial charge is 0.336 e. The molecule has 0 saturated heterocycles. The van der Waals surface area contributed by atoms with E-state index in [1.807, 2.05) is 0 Å².